The van der Waals surface area contributed by atoms with Gasteiger partial charge in [0.25, 0.3) is 15.9 Å². The second-order valence-corrected chi connectivity index (χ2v) is 9.81. The Morgan fingerprint density at radius 1 is 0.939 bits per heavy atom. The number of rotatable bonds is 9. The first-order valence-corrected chi connectivity index (χ1v) is 12.3. The van der Waals surface area contributed by atoms with Crippen LogP contribution in [-0.4, -0.2) is 39.4 Å². The van der Waals surface area contributed by atoms with Crippen LogP contribution in [0, 0.1) is 0 Å². The third-order valence-corrected chi connectivity index (χ3v) is 7.55. The van der Waals surface area contributed by atoms with Crippen LogP contribution in [0.15, 0.2) is 83.8 Å². The van der Waals surface area contributed by atoms with Gasteiger partial charge in [-0.25, -0.2) is 8.42 Å². The predicted octanol–water partition coefficient (Wildman–Crippen LogP) is 4.96. The highest BCUT2D eigenvalue weighted by Gasteiger charge is 2.25. The summed E-state index contributed by atoms with van der Waals surface area (Å²) in [4.78, 5) is 15.2. The molecule has 33 heavy (non-hydrogen) atoms. The predicted molar refractivity (Wildman–Crippen MR) is 131 cm³/mol. The first kappa shape index (κ1) is 24.3. The van der Waals surface area contributed by atoms with Crippen LogP contribution in [0.1, 0.15) is 36.2 Å². The molecule has 3 aromatic carbocycles. The Morgan fingerprint density at radius 2 is 1.55 bits per heavy atom. The molecule has 0 radical (unpaired) electrons. The molecule has 0 bridgehead atoms. The molecule has 174 valence electrons. The minimum absolute atomic E-state index is 0.0396. The van der Waals surface area contributed by atoms with Crippen LogP contribution in [0.5, 0.6) is 5.75 Å². The molecule has 6 nitrogen and oxygen atoms in total. The van der Waals surface area contributed by atoms with Gasteiger partial charge in [0.05, 0.1) is 17.7 Å². The molecule has 0 aliphatic carbocycles. The summed E-state index contributed by atoms with van der Waals surface area (Å²) >= 11 is 0. The highest BCUT2D eigenvalue weighted by molar-refractivity contribution is 7.92. The normalized spacial score (nSPS) is 12.1. The van der Waals surface area contributed by atoms with E-state index in [1.165, 1.54) is 30.6 Å². The molecule has 0 unspecified atom stereocenters. The summed E-state index contributed by atoms with van der Waals surface area (Å²) in [5.41, 5.74) is 1.93. The lowest BCUT2D eigenvalue weighted by Crippen LogP contribution is -2.37. The van der Waals surface area contributed by atoms with E-state index in [9.17, 15) is 13.2 Å². The molecule has 0 N–H and O–H groups in total. The van der Waals surface area contributed by atoms with E-state index in [1.54, 1.807) is 36.4 Å². The van der Waals surface area contributed by atoms with Crippen LogP contribution >= 0.6 is 0 Å². The van der Waals surface area contributed by atoms with Crippen LogP contribution in [0.4, 0.5) is 5.69 Å². The quantitative estimate of drug-likeness (QED) is 0.447. The van der Waals surface area contributed by atoms with Gasteiger partial charge in [0, 0.05) is 25.2 Å². The molecule has 0 saturated carbocycles. The lowest BCUT2D eigenvalue weighted by atomic mass is 10.1. The Hall–Kier alpha value is -3.32. The second-order valence-electron chi connectivity index (χ2n) is 7.84. The molecule has 7 heteroatoms. The number of methoxy groups -OCH3 is 1. The zero-order chi connectivity index (χ0) is 24.0. The van der Waals surface area contributed by atoms with Gasteiger partial charge in [-0.15, -0.1) is 0 Å². The van der Waals surface area contributed by atoms with Crippen molar-refractivity contribution in [3.63, 3.8) is 0 Å². The lowest BCUT2D eigenvalue weighted by molar-refractivity contribution is 0.0671. The van der Waals surface area contributed by atoms with Crippen LogP contribution < -0.4 is 9.04 Å². The fourth-order valence-corrected chi connectivity index (χ4v) is 4.75. The largest absolute Gasteiger partial charge is 0.495 e. The Kier molecular flexibility index (Phi) is 7.76. The molecule has 1 amide bonds. The topological polar surface area (TPSA) is 66.9 Å². The molecule has 0 aromatic heterocycles. The molecule has 3 rings (SSSR count). The molecule has 0 aliphatic rings. The molecule has 0 fully saturated rings. The number of ether oxygens (including phenoxy) is 1. The Balaban J connectivity index is 1.86. The molecule has 3 aromatic rings. The van der Waals surface area contributed by atoms with Crippen molar-refractivity contribution in [3.8, 4) is 5.75 Å². The summed E-state index contributed by atoms with van der Waals surface area (Å²) < 4.78 is 32.9. The Labute approximate surface area is 196 Å². The van der Waals surface area contributed by atoms with E-state index < -0.39 is 10.0 Å². The third-order valence-electron chi connectivity index (χ3n) is 5.76. The van der Waals surface area contributed by atoms with E-state index in [0.29, 0.717) is 23.5 Å². The summed E-state index contributed by atoms with van der Waals surface area (Å²) in [7, 11) is -0.847. The maximum absolute atomic E-state index is 13.3. The zero-order valence-corrected chi connectivity index (χ0v) is 20.2. The van der Waals surface area contributed by atoms with E-state index in [4.69, 9.17) is 4.74 Å². The van der Waals surface area contributed by atoms with Crippen LogP contribution in [0.3, 0.4) is 0 Å². The van der Waals surface area contributed by atoms with Gasteiger partial charge in [0.15, 0.2) is 0 Å². The number of para-hydroxylation sites is 2. The number of nitrogens with zero attached hydrogens (tertiary/aromatic N) is 2. The highest BCUT2D eigenvalue weighted by atomic mass is 32.2. The van der Waals surface area contributed by atoms with Crippen molar-refractivity contribution < 1.29 is 17.9 Å². The van der Waals surface area contributed by atoms with Crippen molar-refractivity contribution in [3.05, 3.63) is 90.0 Å². The van der Waals surface area contributed by atoms with Crippen molar-refractivity contribution in [1.82, 2.24) is 4.90 Å². The smallest absolute Gasteiger partial charge is 0.264 e. The van der Waals surface area contributed by atoms with Gasteiger partial charge in [-0.3, -0.25) is 9.10 Å². The van der Waals surface area contributed by atoms with E-state index in [2.05, 4.69) is 0 Å². The SMILES string of the molecule is CC[C@@H](C)N(Cc1ccccc1)C(=O)c1ccc(S(=O)(=O)N(C)c2ccccc2OC)cc1. The van der Waals surface area contributed by atoms with Gasteiger partial charge in [0.1, 0.15) is 5.75 Å². The lowest BCUT2D eigenvalue weighted by Gasteiger charge is -2.29. The molecule has 1 atom stereocenters. The molecule has 0 aliphatic heterocycles. The number of hydrogen-bond acceptors (Lipinski definition) is 4. The summed E-state index contributed by atoms with van der Waals surface area (Å²) in [6.45, 7) is 4.55. The Morgan fingerprint density at radius 3 is 2.15 bits per heavy atom. The van der Waals surface area contributed by atoms with E-state index in [0.717, 1.165) is 12.0 Å². The number of amides is 1. The summed E-state index contributed by atoms with van der Waals surface area (Å²) in [6, 6.07) is 22.9. The van der Waals surface area contributed by atoms with Gasteiger partial charge >= 0.3 is 0 Å². The maximum atomic E-state index is 13.3. The fraction of sp³-hybridized carbons (Fsp3) is 0.269. The minimum atomic E-state index is -3.83. The minimum Gasteiger partial charge on any atom is -0.495 e. The first-order chi connectivity index (χ1) is 15.8. The third kappa shape index (κ3) is 5.37. The number of carbonyl (C=O) groups is 1. The number of benzene rings is 3. The van der Waals surface area contributed by atoms with Crippen molar-refractivity contribution >= 4 is 21.6 Å². The van der Waals surface area contributed by atoms with Gasteiger partial charge < -0.3 is 9.64 Å². The van der Waals surface area contributed by atoms with Crippen molar-refractivity contribution in [1.29, 1.82) is 0 Å². The fourth-order valence-electron chi connectivity index (χ4n) is 3.54. The van der Waals surface area contributed by atoms with E-state index in [1.807, 2.05) is 49.1 Å². The summed E-state index contributed by atoms with van der Waals surface area (Å²) in [5, 5.41) is 0. The number of hydrogen-bond donors (Lipinski definition) is 0. The Bertz CT molecular complexity index is 1180. The standard InChI is InChI=1S/C26H30N2O4S/c1-5-20(2)28(19-21-11-7-6-8-12-21)26(29)22-15-17-23(18-16-22)33(30,31)27(3)24-13-9-10-14-25(24)32-4/h6-18,20H,5,19H2,1-4H3/t20-/m1/s1. The first-order valence-electron chi connectivity index (χ1n) is 10.9. The number of sulfonamides is 1. The van der Waals surface area contributed by atoms with E-state index in [-0.39, 0.29) is 16.8 Å². The van der Waals surface area contributed by atoms with Crippen molar-refractivity contribution in [2.24, 2.45) is 0 Å². The summed E-state index contributed by atoms with van der Waals surface area (Å²) in [6.07, 6.45) is 0.814. The molecule has 0 spiro atoms. The zero-order valence-electron chi connectivity index (χ0n) is 19.4. The summed E-state index contributed by atoms with van der Waals surface area (Å²) in [5.74, 6) is 0.329. The maximum Gasteiger partial charge on any atom is 0.264 e. The van der Waals surface area contributed by atoms with Crippen LogP contribution in [0.2, 0.25) is 0 Å². The molecule has 0 saturated heterocycles. The second kappa shape index (κ2) is 10.5. The van der Waals surface area contributed by atoms with Gasteiger partial charge in [-0.2, -0.15) is 0 Å². The molecular formula is C26H30N2O4S. The highest BCUT2D eigenvalue weighted by Crippen LogP contribution is 2.31. The molecule has 0 heterocycles. The number of anilines is 1. The van der Waals surface area contributed by atoms with Gasteiger partial charge in [-0.05, 0) is 55.3 Å². The van der Waals surface area contributed by atoms with Crippen LogP contribution in [-0.2, 0) is 16.6 Å². The number of carbonyl (C=O) groups excluding carboxylic acids is 1. The monoisotopic (exact) mass is 466 g/mol. The van der Waals surface area contributed by atoms with Gasteiger partial charge in [-0.1, -0.05) is 49.4 Å². The van der Waals surface area contributed by atoms with E-state index >= 15 is 0 Å². The molecular weight excluding hydrogens is 436 g/mol. The van der Waals surface area contributed by atoms with Gasteiger partial charge in [0.2, 0.25) is 0 Å². The van der Waals surface area contributed by atoms with Crippen molar-refractivity contribution in [2.75, 3.05) is 18.5 Å². The average molecular weight is 467 g/mol. The van der Waals surface area contributed by atoms with Crippen molar-refractivity contribution in [2.45, 2.75) is 37.8 Å². The van der Waals surface area contributed by atoms with Crippen LogP contribution in [0.25, 0.3) is 0 Å². The average Bonchev–Trinajstić information content (AvgIpc) is 2.86.